The van der Waals surface area contributed by atoms with Crippen molar-refractivity contribution in [3.05, 3.63) is 160 Å². The molecule has 0 unspecified atom stereocenters. The highest BCUT2D eigenvalue weighted by atomic mass is 32.2. The molecule has 0 aromatic heterocycles. The second kappa shape index (κ2) is 40.3. The molecular formula is C44H47N10O11PS4. The third-order valence-corrected chi connectivity index (χ3v) is 10.9. The van der Waals surface area contributed by atoms with E-state index in [1.807, 2.05) is 20.8 Å². The van der Waals surface area contributed by atoms with E-state index < -0.39 is 42.5 Å². The van der Waals surface area contributed by atoms with Gasteiger partial charge in [-0.1, -0.05) is 112 Å². The third-order valence-electron chi connectivity index (χ3n) is 7.11. The normalized spacial score (nSPS) is 14.7. The van der Waals surface area contributed by atoms with E-state index >= 15 is 0 Å². The standard InChI is InChI=1S/C10H4N4O2.C7H10NO4PS2.C7H7NO3S2.C5H5NO2.3C5H7N/c1-6(4-11)8(13-2)7(5-12)9(14-3)10(15)16;1-2-5-6(9)8(7(14)15-5)3-4-13(10,11)12;1-2-4-6(11)8(3-5(9)10)7(12)13-4;1-3-4(6-2)5(7)8;3*1-4-5(2)6-3/h1H3,(H,15,16);2H,3-4H2,1H3,(H2,10,11,12);2H,3H2,1H3,(H,9,10);3H,1H3,(H,7,8);3*4H,1-2H3/b8-6+,9-7-;;;4-3-;3*5-4-. The molecule has 0 aromatic rings. The number of allylic oxidation sites excluding steroid dienone is 11. The first-order valence-electron chi connectivity index (χ1n) is 18.8. The molecule has 2 aliphatic rings. The van der Waals surface area contributed by atoms with Crippen molar-refractivity contribution in [1.29, 1.82) is 10.5 Å². The molecule has 2 amide bonds. The number of aliphatic carboxylic acids is 3. The number of nitriles is 2. The van der Waals surface area contributed by atoms with Crippen LogP contribution in [0.4, 0.5) is 0 Å². The van der Waals surface area contributed by atoms with Crippen molar-refractivity contribution in [1.82, 2.24) is 9.80 Å². The molecule has 2 aliphatic heterocycles. The van der Waals surface area contributed by atoms with E-state index in [-0.39, 0.29) is 42.3 Å². The fourth-order valence-electron chi connectivity index (χ4n) is 3.12. The Labute approximate surface area is 426 Å². The Morgan fingerprint density at radius 3 is 1.23 bits per heavy atom. The first-order chi connectivity index (χ1) is 32.6. The number of carbonyl (C=O) groups is 5. The Morgan fingerprint density at radius 1 is 0.643 bits per heavy atom. The van der Waals surface area contributed by atoms with E-state index in [1.165, 1.54) is 30.9 Å². The molecule has 0 aromatic carbocycles. The van der Waals surface area contributed by atoms with Crippen LogP contribution in [-0.4, -0.2) is 92.5 Å². The van der Waals surface area contributed by atoms with Crippen LogP contribution in [0.5, 0.6) is 0 Å². The maximum absolute atomic E-state index is 11.6. The van der Waals surface area contributed by atoms with Crippen LogP contribution in [-0.2, 0) is 28.5 Å². The summed E-state index contributed by atoms with van der Waals surface area (Å²) in [5.41, 5.74) is 0.0944. The van der Waals surface area contributed by atoms with Crippen LogP contribution in [0.3, 0.4) is 0 Å². The predicted octanol–water partition coefficient (Wildman–Crippen LogP) is 9.63. The number of rotatable bonds is 8. The molecule has 2 heterocycles. The van der Waals surface area contributed by atoms with Crippen molar-refractivity contribution in [2.45, 2.75) is 69.2 Å². The van der Waals surface area contributed by atoms with Gasteiger partial charge in [0.25, 0.3) is 23.2 Å². The Kier molecular flexibility index (Phi) is 41.0. The van der Waals surface area contributed by atoms with Gasteiger partial charge < -0.3 is 25.1 Å². The number of thiocarbonyl (C=S) groups is 2. The molecule has 0 aliphatic carbocycles. The number of carboxylic acids is 3. The largest absolute Gasteiger partial charge is 0.486 e. The van der Waals surface area contributed by atoms with Gasteiger partial charge in [0.2, 0.25) is 5.70 Å². The highest BCUT2D eigenvalue weighted by molar-refractivity contribution is 8.27. The summed E-state index contributed by atoms with van der Waals surface area (Å²) in [5.74, 6) is -4.42. The topological polar surface area (TPSA) is 284 Å². The lowest BCUT2D eigenvalue weighted by Crippen LogP contribution is -2.33. The first kappa shape index (κ1) is 71.2. The van der Waals surface area contributed by atoms with Crippen molar-refractivity contribution in [3.8, 4) is 12.1 Å². The highest BCUT2D eigenvalue weighted by Gasteiger charge is 2.33. The summed E-state index contributed by atoms with van der Waals surface area (Å²) in [6.45, 7) is 55.5. The maximum Gasteiger partial charge on any atom is 0.333 e. The molecule has 0 saturated carbocycles. The summed E-state index contributed by atoms with van der Waals surface area (Å²) in [6, 6.07) is 3.10. The molecule has 0 radical (unpaired) electrons. The molecular weight excluding hydrogens is 1000 g/mol. The van der Waals surface area contributed by atoms with Gasteiger partial charge in [0.15, 0.2) is 17.1 Å². The summed E-state index contributed by atoms with van der Waals surface area (Å²) in [4.78, 5) is 92.1. The van der Waals surface area contributed by atoms with Crippen molar-refractivity contribution in [2.24, 2.45) is 0 Å². The maximum atomic E-state index is 11.6. The van der Waals surface area contributed by atoms with Gasteiger partial charge in [0, 0.05) is 12.1 Å². The van der Waals surface area contributed by atoms with Crippen molar-refractivity contribution in [3.63, 3.8) is 0 Å². The molecule has 21 nitrogen and oxygen atoms in total. The predicted molar refractivity (Wildman–Crippen MR) is 274 cm³/mol. The number of hydrogen-bond acceptors (Lipinski definition) is 12. The van der Waals surface area contributed by atoms with Crippen LogP contribution < -0.4 is 0 Å². The van der Waals surface area contributed by atoms with E-state index in [0.717, 1.165) is 45.5 Å². The van der Waals surface area contributed by atoms with Gasteiger partial charge in [0.1, 0.15) is 15.2 Å². The molecule has 0 bridgehead atoms. The fourth-order valence-corrected chi connectivity index (χ4v) is 5.99. The summed E-state index contributed by atoms with van der Waals surface area (Å²) >= 11 is 12.0. The minimum absolute atomic E-state index is 0.0354. The first-order valence-corrected chi connectivity index (χ1v) is 23.0. The number of hydrogen-bond donors (Lipinski definition) is 5. The molecule has 0 atom stereocenters. The second-order valence-electron chi connectivity index (χ2n) is 11.8. The number of thioether (sulfide) groups is 2. The van der Waals surface area contributed by atoms with Gasteiger partial charge in [-0.05, 0) is 41.5 Å². The van der Waals surface area contributed by atoms with Gasteiger partial charge in [0.05, 0.1) is 73.1 Å². The van der Waals surface area contributed by atoms with Crippen LogP contribution in [0.15, 0.2) is 91.6 Å². The highest BCUT2D eigenvalue weighted by Crippen LogP contribution is 2.36. The Bertz CT molecular complexity index is 2590. The van der Waals surface area contributed by atoms with E-state index in [0.29, 0.717) is 18.5 Å². The lowest BCUT2D eigenvalue weighted by Gasteiger charge is -2.14. The fraction of sp³-hybridized carbons (Fsp3) is 0.295. The van der Waals surface area contributed by atoms with Crippen LogP contribution in [0.25, 0.3) is 29.1 Å². The van der Waals surface area contributed by atoms with Crippen LogP contribution >= 0.6 is 55.6 Å². The molecule has 0 spiro atoms. The Morgan fingerprint density at radius 2 is 1.03 bits per heavy atom. The average molecular weight is 1050 g/mol. The van der Waals surface area contributed by atoms with E-state index in [9.17, 15) is 28.5 Å². The molecule has 70 heavy (non-hydrogen) atoms. The van der Waals surface area contributed by atoms with E-state index in [2.05, 4.69) is 29.1 Å². The number of carboxylic acid groups (broad SMARTS) is 3. The van der Waals surface area contributed by atoms with Crippen LogP contribution in [0.1, 0.15) is 69.2 Å². The van der Waals surface area contributed by atoms with Crippen molar-refractivity contribution < 1.29 is 53.6 Å². The third kappa shape index (κ3) is 31.2. The lowest BCUT2D eigenvalue weighted by atomic mass is 10.1. The average Bonchev–Trinajstić information content (AvgIpc) is 3.77. The summed E-state index contributed by atoms with van der Waals surface area (Å²) in [7, 11) is -4.08. The molecule has 5 N–H and O–H groups in total. The van der Waals surface area contributed by atoms with Crippen LogP contribution in [0.2, 0.25) is 0 Å². The van der Waals surface area contributed by atoms with Crippen molar-refractivity contribution in [2.75, 3.05) is 19.3 Å². The molecule has 2 fully saturated rings. The zero-order valence-corrected chi connectivity index (χ0v) is 43.5. The van der Waals surface area contributed by atoms with E-state index in [4.69, 9.17) is 99.5 Å². The Hall–Kier alpha value is -7.78. The number of carbonyl (C=O) groups excluding carboxylic acids is 2. The second-order valence-corrected chi connectivity index (χ2v) is 17.0. The lowest BCUT2D eigenvalue weighted by molar-refractivity contribution is -0.140. The van der Waals surface area contributed by atoms with Crippen molar-refractivity contribution >= 4 is 93.9 Å². The SMILES string of the molecule is CC=C1SC(=S)N(CC(=O)O)C1=O.CC=C1SC(=S)N(CCP(=O)(O)O)C1=O.[C-]#[N+]/C(=C\C)C(=O)O.[C-]#[N+]/C(C(=O)O)=C(C#N)\C([N+]#[C-])=C(\C)C#N.[C-]#[N+]/C(C)=C\C.[C-]#[N+]/C(C)=C\C.[C-]#[N+]/C(C)=C\C. The van der Waals surface area contributed by atoms with Gasteiger partial charge in [-0.25, -0.2) is 29.1 Å². The monoisotopic (exact) mass is 1050 g/mol. The summed E-state index contributed by atoms with van der Waals surface area (Å²) < 4.78 is 11.3. The summed E-state index contributed by atoms with van der Waals surface area (Å²) in [5, 5.41) is 42.5. The number of amides is 2. The smallest absolute Gasteiger partial charge is 0.333 e. The zero-order chi connectivity index (χ0) is 55.9. The van der Waals surface area contributed by atoms with Gasteiger partial charge >= 0.3 is 25.5 Å². The zero-order valence-electron chi connectivity index (χ0n) is 39.3. The minimum atomic E-state index is -4.08. The van der Waals surface area contributed by atoms with Crippen LogP contribution in [0, 0.1) is 62.1 Å². The van der Waals surface area contributed by atoms with E-state index in [1.54, 1.807) is 71.1 Å². The number of nitrogens with zero attached hydrogens (tertiary/aromatic N) is 10. The Balaban J connectivity index is -0.000000244. The molecule has 26 heteroatoms. The quantitative estimate of drug-likeness (QED) is 0.0377. The molecule has 2 saturated heterocycles. The van der Waals surface area contributed by atoms with Gasteiger partial charge in [-0.2, -0.15) is 10.5 Å². The van der Waals surface area contributed by atoms with Gasteiger partial charge in [-0.15, -0.1) is 0 Å². The molecule has 368 valence electrons. The molecule has 2 rings (SSSR count). The summed E-state index contributed by atoms with van der Waals surface area (Å²) in [6.07, 6.45) is 9.51. The minimum Gasteiger partial charge on any atom is -0.486 e. The van der Waals surface area contributed by atoms with Gasteiger partial charge in [-0.3, -0.25) is 38.3 Å².